The van der Waals surface area contributed by atoms with Gasteiger partial charge in [0.15, 0.2) is 9.84 Å². The van der Waals surface area contributed by atoms with Gasteiger partial charge in [-0.25, -0.2) is 8.42 Å². The van der Waals surface area contributed by atoms with Crippen molar-refractivity contribution in [2.75, 3.05) is 30.8 Å². The zero-order valence-electron chi connectivity index (χ0n) is 12.6. The molecule has 0 saturated heterocycles. The Bertz CT molecular complexity index is 817. The van der Waals surface area contributed by atoms with Crippen LogP contribution < -0.4 is 11.1 Å². The van der Waals surface area contributed by atoms with Gasteiger partial charge in [0.25, 0.3) is 10.1 Å². The molecule has 0 radical (unpaired) electrons. The molecule has 9 nitrogen and oxygen atoms in total. The molecule has 1 aromatic rings. The second-order valence-electron chi connectivity index (χ2n) is 4.62. The molecule has 0 bridgehead atoms. The van der Waals surface area contributed by atoms with Gasteiger partial charge in [0.05, 0.1) is 24.7 Å². The second-order valence-corrected chi connectivity index (χ2v) is 8.08. The van der Waals surface area contributed by atoms with Crippen LogP contribution in [0, 0.1) is 0 Å². The highest BCUT2D eigenvalue weighted by Crippen LogP contribution is 2.22. The van der Waals surface area contributed by atoms with Crippen molar-refractivity contribution in [3.63, 3.8) is 0 Å². The number of ether oxygens (including phenoxy) is 1. The average molecular weight is 378 g/mol. The van der Waals surface area contributed by atoms with Crippen LogP contribution in [0.3, 0.4) is 0 Å². The molecule has 0 unspecified atom stereocenters. The summed E-state index contributed by atoms with van der Waals surface area (Å²) in [5.41, 5.74) is 5.06. The normalized spacial score (nSPS) is 11.9. The van der Waals surface area contributed by atoms with E-state index in [1.165, 1.54) is 12.1 Å². The van der Waals surface area contributed by atoms with E-state index in [9.17, 15) is 26.2 Å². The van der Waals surface area contributed by atoms with Crippen LogP contribution in [-0.2, 0) is 24.7 Å². The summed E-state index contributed by atoms with van der Waals surface area (Å²) in [5, 5.41) is 3.55. The van der Waals surface area contributed by atoms with Gasteiger partial charge >= 0.3 is 0 Å². The highest BCUT2D eigenvalue weighted by molar-refractivity contribution is 7.94. The molecule has 0 heterocycles. The molecule has 0 spiro atoms. The van der Waals surface area contributed by atoms with Gasteiger partial charge in [0.1, 0.15) is 4.90 Å². The van der Waals surface area contributed by atoms with Gasteiger partial charge in [-0.05, 0) is 18.2 Å². The summed E-state index contributed by atoms with van der Waals surface area (Å²) in [5.74, 6) is -1.04. The predicted octanol–water partition coefficient (Wildman–Crippen LogP) is 0.0190. The molecule has 1 rings (SSSR count). The third-order valence-electron chi connectivity index (χ3n) is 2.87. The van der Waals surface area contributed by atoms with E-state index in [1.807, 2.05) is 0 Å². The Balaban J connectivity index is 2.65. The third-order valence-corrected chi connectivity index (χ3v) is 5.01. The summed E-state index contributed by atoms with van der Waals surface area (Å²) in [7, 11) is -7.90. The summed E-state index contributed by atoms with van der Waals surface area (Å²) in [6, 6.07) is 3.54. The fourth-order valence-corrected chi connectivity index (χ4v) is 2.86. The number of sulfone groups is 1. The first-order chi connectivity index (χ1) is 11.1. The van der Waals surface area contributed by atoms with Crippen LogP contribution in [0.25, 0.3) is 0 Å². The number of amides is 1. The van der Waals surface area contributed by atoms with E-state index in [2.05, 4.69) is 11.9 Å². The maximum atomic E-state index is 11.4. The SMILES string of the molecule is C=CS(=O)(=O)CCOCCNc1ccc(C(N)=O)cc1S(=O)(=O)O. The van der Waals surface area contributed by atoms with E-state index in [4.69, 9.17) is 10.5 Å². The number of nitrogens with two attached hydrogens (primary N) is 1. The molecule has 0 aliphatic rings. The molecule has 0 saturated carbocycles. The van der Waals surface area contributed by atoms with Crippen molar-refractivity contribution in [3.8, 4) is 0 Å². The molecule has 0 aromatic heterocycles. The van der Waals surface area contributed by atoms with Crippen molar-refractivity contribution in [1.82, 2.24) is 0 Å². The fourth-order valence-electron chi connectivity index (χ4n) is 1.65. The zero-order valence-corrected chi connectivity index (χ0v) is 14.3. The zero-order chi connectivity index (χ0) is 18.4. The molecule has 0 aliphatic heterocycles. The largest absolute Gasteiger partial charge is 0.382 e. The van der Waals surface area contributed by atoms with Crippen LogP contribution in [0.1, 0.15) is 10.4 Å². The Morgan fingerprint density at radius 1 is 1.29 bits per heavy atom. The summed E-state index contributed by atoms with van der Waals surface area (Å²) in [6.07, 6.45) is 0. The molecule has 11 heteroatoms. The maximum absolute atomic E-state index is 11.4. The molecule has 4 N–H and O–H groups in total. The van der Waals surface area contributed by atoms with E-state index >= 15 is 0 Å². The highest BCUT2D eigenvalue weighted by Gasteiger charge is 2.17. The van der Waals surface area contributed by atoms with Crippen molar-refractivity contribution in [1.29, 1.82) is 0 Å². The number of anilines is 1. The third kappa shape index (κ3) is 6.28. The molecule has 1 aromatic carbocycles. The van der Waals surface area contributed by atoms with Crippen LogP contribution in [0.4, 0.5) is 5.69 Å². The standard InChI is InChI=1S/C13H18N2O7S2/c1-2-23(17,18)8-7-22-6-5-15-11-4-3-10(13(14)16)9-12(11)24(19,20)21/h2-4,9,15H,1,5-8H2,(H2,14,16)(H,19,20,21). The Kier molecular flexibility index (Phi) is 6.90. The van der Waals surface area contributed by atoms with E-state index in [0.717, 1.165) is 11.5 Å². The van der Waals surface area contributed by atoms with Crippen LogP contribution in [0.15, 0.2) is 35.1 Å². The van der Waals surface area contributed by atoms with Gasteiger partial charge < -0.3 is 15.8 Å². The average Bonchev–Trinajstić information content (AvgIpc) is 2.49. The van der Waals surface area contributed by atoms with Crippen LogP contribution in [0.2, 0.25) is 0 Å². The first-order valence-electron chi connectivity index (χ1n) is 6.65. The number of hydrogen-bond acceptors (Lipinski definition) is 7. The van der Waals surface area contributed by atoms with Crippen molar-refractivity contribution in [2.45, 2.75) is 4.90 Å². The Labute approximate surface area is 140 Å². The van der Waals surface area contributed by atoms with Crippen LogP contribution in [-0.4, -0.2) is 52.8 Å². The molecule has 1 amide bonds. The van der Waals surface area contributed by atoms with E-state index in [-0.39, 0.29) is 36.8 Å². The molecule has 24 heavy (non-hydrogen) atoms. The minimum atomic E-state index is -4.56. The van der Waals surface area contributed by atoms with Gasteiger partial charge in [-0.15, -0.1) is 0 Å². The van der Waals surface area contributed by atoms with Crippen molar-refractivity contribution < 1.29 is 30.9 Å². The van der Waals surface area contributed by atoms with Gasteiger partial charge in [0.2, 0.25) is 5.91 Å². The van der Waals surface area contributed by atoms with Gasteiger partial charge in [-0.2, -0.15) is 8.42 Å². The smallest absolute Gasteiger partial charge is 0.296 e. The summed E-state index contributed by atoms with van der Waals surface area (Å²) < 4.78 is 59.3. The topological polar surface area (TPSA) is 153 Å². The number of nitrogens with one attached hydrogen (secondary N) is 1. The monoisotopic (exact) mass is 378 g/mol. The first kappa shape index (κ1) is 20.1. The van der Waals surface area contributed by atoms with Crippen molar-refractivity contribution in [3.05, 3.63) is 35.7 Å². The lowest BCUT2D eigenvalue weighted by Gasteiger charge is -2.11. The number of hydrogen-bond donors (Lipinski definition) is 3. The Hall–Kier alpha value is -1.95. The van der Waals surface area contributed by atoms with E-state index in [1.54, 1.807) is 0 Å². The van der Waals surface area contributed by atoms with Gasteiger partial charge in [-0.1, -0.05) is 6.58 Å². The lowest BCUT2D eigenvalue weighted by Crippen LogP contribution is -2.17. The quantitative estimate of drug-likeness (QED) is 0.380. The molecule has 0 aliphatic carbocycles. The minimum absolute atomic E-state index is 0.0399. The van der Waals surface area contributed by atoms with Gasteiger partial charge in [-0.3, -0.25) is 9.35 Å². The minimum Gasteiger partial charge on any atom is -0.382 e. The summed E-state index contributed by atoms with van der Waals surface area (Å²) in [6.45, 7) is 3.37. The van der Waals surface area contributed by atoms with Crippen molar-refractivity contribution in [2.24, 2.45) is 5.73 Å². The van der Waals surface area contributed by atoms with E-state index in [0.29, 0.717) is 0 Å². The second kappa shape index (κ2) is 8.24. The number of benzene rings is 1. The Morgan fingerprint density at radius 2 is 1.96 bits per heavy atom. The number of primary amides is 1. The number of carbonyl (C=O) groups excluding carboxylic acids is 1. The highest BCUT2D eigenvalue weighted by atomic mass is 32.2. The molecule has 0 atom stereocenters. The van der Waals surface area contributed by atoms with Gasteiger partial charge in [0, 0.05) is 17.5 Å². The summed E-state index contributed by atoms with van der Waals surface area (Å²) in [4.78, 5) is 10.6. The van der Waals surface area contributed by atoms with E-state index < -0.39 is 30.8 Å². The van der Waals surface area contributed by atoms with Crippen LogP contribution in [0.5, 0.6) is 0 Å². The maximum Gasteiger partial charge on any atom is 0.296 e. The Morgan fingerprint density at radius 3 is 2.50 bits per heavy atom. The number of rotatable bonds is 10. The molecular formula is C13H18N2O7S2. The lowest BCUT2D eigenvalue weighted by molar-refractivity contribution is 0.1000. The molecular weight excluding hydrogens is 360 g/mol. The lowest BCUT2D eigenvalue weighted by atomic mass is 10.2. The predicted molar refractivity (Wildman–Crippen MR) is 88.1 cm³/mol. The first-order valence-corrected chi connectivity index (χ1v) is 9.80. The number of carbonyl (C=O) groups is 1. The summed E-state index contributed by atoms with van der Waals surface area (Å²) >= 11 is 0. The van der Waals surface area contributed by atoms with Crippen molar-refractivity contribution >= 4 is 31.5 Å². The van der Waals surface area contributed by atoms with Crippen LogP contribution >= 0.6 is 0 Å². The molecule has 0 fully saturated rings. The molecule has 134 valence electrons. The fraction of sp³-hybridized carbons (Fsp3) is 0.308.